The Morgan fingerprint density at radius 2 is 2.08 bits per heavy atom. The zero-order valence-corrected chi connectivity index (χ0v) is 15.5. The second-order valence-electron chi connectivity index (χ2n) is 4.89. The fourth-order valence-corrected chi connectivity index (χ4v) is 6.06. The standard InChI is InChI=1S/C14H10N2O7S3/c1-2-23-7-3-4-8-9(5-7)25-14(15-8)26(21,22)11-6-10(13(17)18)24-12(11)16(19)20/h3-6H,2H2,1H3,(H,17,18). The summed E-state index contributed by atoms with van der Waals surface area (Å²) in [5, 5.41) is 19.4. The van der Waals surface area contributed by atoms with Gasteiger partial charge in [0.25, 0.3) is 0 Å². The van der Waals surface area contributed by atoms with Gasteiger partial charge in [0.1, 0.15) is 10.6 Å². The molecule has 26 heavy (non-hydrogen) atoms. The number of carboxylic acid groups (broad SMARTS) is 1. The molecule has 1 aromatic carbocycles. The number of hydrogen-bond acceptors (Lipinski definition) is 9. The number of nitrogens with zero attached hydrogens (tertiary/aromatic N) is 2. The van der Waals surface area contributed by atoms with Crippen LogP contribution in [-0.4, -0.2) is 36.0 Å². The van der Waals surface area contributed by atoms with Crippen molar-refractivity contribution in [1.29, 1.82) is 0 Å². The molecule has 0 saturated heterocycles. The van der Waals surface area contributed by atoms with Gasteiger partial charge in [0.05, 0.1) is 21.7 Å². The third-order valence-corrected chi connectivity index (χ3v) is 7.59. The van der Waals surface area contributed by atoms with E-state index in [1.165, 1.54) is 0 Å². The number of thiazole rings is 1. The van der Waals surface area contributed by atoms with Crippen molar-refractivity contribution >= 4 is 53.7 Å². The Hall–Kier alpha value is -2.57. The van der Waals surface area contributed by atoms with Crippen LogP contribution in [0.25, 0.3) is 10.2 Å². The summed E-state index contributed by atoms with van der Waals surface area (Å²) < 4.78 is 31.1. The number of aromatic nitrogens is 1. The molecular weight excluding hydrogens is 404 g/mol. The first-order chi connectivity index (χ1) is 12.2. The van der Waals surface area contributed by atoms with Gasteiger partial charge in [-0.25, -0.2) is 18.2 Å². The lowest BCUT2D eigenvalue weighted by Gasteiger charge is -2.00. The molecule has 0 bridgehead atoms. The van der Waals surface area contributed by atoms with E-state index in [1.54, 1.807) is 18.2 Å². The number of carboxylic acids is 1. The van der Waals surface area contributed by atoms with E-state index in [0.29, 0.717) is 33.9 Å². The number of rotatable bonds is 6. The van der Waals surface area contributed by atoms with E-state index in [2.05, 4.69) is 4.98 Å². The summed E-state index contributed by atoms with van der Waals surface area (Å²) in [6, 6.07) is 5.64. The molecule has 0 spiro atoms. The minimum atomic E-state index is -4.34. The highest BCUT2D eigenvalue weighted by atomic mass is 32.2. The highest BCUT2D eigenvalue weighted by molar-refractivity contribution is 7.93. The van der Waals surface area contributed by atoms with Crippen molar-refractivity contribution in [3.8, 4) is 5.75 Å². The molecule has 3 aromatic rings. The van der Waals surface area contributed by atoms with Gasteiger partial charge in [-0.2, -0.15) is 0 Å². The van der Waals surface area contributed by atoms with Gasteiger partial charge in [-0.15, -0.1) is 11.3 Å². The highest BCUT2D eigenvalue weighted by Gasteiger charge is 2.34. The summed E-state index contributed by atoms with van der Waals surface area (Å²) in [6.45, 7) is 2.25. The van der Waals surface area contributed by atoms with E-state index < -0.39 is 35.5 Å². The molecule has 12 heteroatoms. The zero-order chi connectivity index (χ0) is 19.1. The van der Waals surface area contributed by atoms with Crippen LogP contribution in [0.15, 0.2) is 33.5 Å². The van der Waals surface area contributed by atoms with Crippen molar-refractivity contribution in [3.05, 3.63) is 39.3 Å². The lowest BCUT2D eigenvalue weighted by atomic mass is 10.3. The summed E-state index contributed by atoms with van der Waals surface area (Å²) in [4.78, 5) is 24.2. The molecular formula is C14H10N2O7S3. The van der Waals surface area contributed by atoms with Crippen LogP contribution in [0.3, 0.4) is 0 Å². The van der Waals surface area contributed by atoms with E-state index >= 15 is 0 Å². The van der Waals surface area contributed by atoms with Gasteiger partial charge in [-0.05, 0) is 31.2 Å². The van der Waals surface area contributed by atoms with E-state index in [1.807, 2.05) is 6.92 Å². The molecule has 0 radical (unpaired) electrons. The predicted molar refractivity (Wildman–Crippen MR) is 94.2 cm³/mol. The number of carbonyl (C=O) groups is 1. The maximum atomic E-state index is 12.8. The molecule has 1 N–H and O–H groups in total. The lowest BCUT2D eigenvalue weighted by Crippen LogP contribution is -2.03. The molecule has 0 aliphatic carbocycles. The number of sulfone groups is 1. The number of hydrogen-bond donors (Lipinski definition) is 1. The molecule has 0 saturated carbocycles. The maximum Gasteiger partial charge on any atom is 0.346 e. The highest BCUT2D eigenvalue weighted by Crippen LogP contribution is 2.39. The fraction of sp³-hybridized carbons (Fsp3) is 0.143. The summed E-state index contributed by atoms with van der Waals surface area (Å²) in [5.41, 5.74) is 0.397. The normalized spacial score (nSPS) is 11.6. The molecule has 2 heterocycles. The summed E-state index contributed by atoms with van der Waals surface area (Å²) in [7, 11) is -4.34. The Morgan fingerprint density at radius 3 is 2.69 bits per heavy atom. The minimum absolute atomic E-state index is 0.292. The van der Waals surface area contributed by atoms with Gasteiger partial charge in [0.15, 0.2) is 4.90 Å². The molecule has 0 unspecified atom stereocenters. The smallest absolute Gasteiger partial charge is 0.346 e. The average Bonchev–Trinajstić information content (AvgIpc) is 3.20. The molecule has 0 fully saturated rings. The molecule has 0 aliphatic rings. The van der Waals surface area contributed by atoms with Crippen LogP contribution in [0.4, 0.5) is 5.00 Å². The van der Waals surface area contributed by atoms with Crippen LogP contribution < -0.4 is 4.74 Å². The molecule has 0 aliphatic heterocycles. The average molecular weight is 414 g/mol. The van der Waals surface area contributed by atoms with Crippen LogP contribution in [0, 0.1) is 10.1 Å². The largest absolute Gasteiger partial charge is 0.494 e. The summed E-state index contributed by atoms with van der Waals surface area (Å²) in [5.74, 6) is -0.896. The van der Waals surface area contributed by atoms with Crippen molar-refractivity contribution in [2.24, 2.45) is 0 Å². The minimum Gasteiger partial charge on any atom is -0.494 e. The number of thiophene rings is 1. The zero-order valence-electron chi connectivity index (χ0n) is 13.0. The van der Waals surface area contributed by atoms with E-state index in [0.717, 1.165) is 17.4 Å². The van der Waals surface area contributed by atoms with Gasteiger partial charge in [-0.1, -0.05) is 11.3 Å². The molecule has 9 nitrogen and oxygen atoms in total. The maximum absolute atomic E-state index is 12.8. The number of nitro groups is 1. The first kappa shape index (κ1) is 18.2. The lowest BCUT2D eigenvalue weighted by molar-refractivity contribution is -0.383. The topological polar surface area (TPSA) is 137 Å². The van der Waals surface area contributed by atoms with Crippen molar-refractivity contribution < 1.29 is 28.0 Å². The molecule has 0 atom stereocenters. The Kier molecular flexibility index (Phi) is 4.64. The number of aromatic carboxylic acids is 1. The van der Waals surface area contributed by atoms with Crippen LogP contribution in [0.2, 0.25) is 0 Å². The second-order valence-corrected chi connectivity index (χ2v) is 9.04. The quantitative estimate of drug-likeness (QED) is 0.479. The van der Waals surface area contributed by atoms with Crippen LogP contribution in [0.5, 0.6) is 5.75 Å². The number of ether oxygens (including phenoxy) is 1. The van der Waals surface area contributed by atoms with Gasteiger partial charge in [-0.3, -0.25) is 10.1 Å². The molecule has 136 valence electrons. The van der Waals surface area contributed by atoms with E-state index in [4.69, 9.17) is 9.84 Å². The monoisotopic (exact) mass is 414 g/mol. The second kappa shape index (κ2) is 6.63. The SMILES string of the molecule is CCOc1ccc2nc(S(=O)(=O)c3cc(C(=O)O)sc3[N+](=O)[O-])sc2c1. The van der Waals surface area contributed by atoms with E-state index in [9.17, 15) is 23.3 Å². The predicted octanol–water partition coefficient (Wildman–Crippen LogP) is 3.20. The van der Waals surface area contributed by atoms with Crippen molar-refractivity contribution in [3.63, 3.8) is 0 Å². The van der Waals surface area contributed by atoms with Crippen LogP contribution in [-0.2, 0) is 9.84 Å². The van der Waals surface area contributed by atoms with Crippen molar-refractivity contribution in [1.82, 2.24) is 4.98 Å². The van der Waals surface area contributed by atoms with Crippen LogP contribution >= 0.6 is 22.7 Å². The molecule has 0 amide bonds. The van der Waals surface area contributed by atoms with Crippen molar-refractivity contribution in [2.75, 3.05) is 6.61 Å². The Morgan fingerprint density at radius 1 is 1.35 bits per heavy atom. The van der Waals surface area contributed by atoms with Gasteiger partial charge < -0.3 is 9.84 Å². The van der Waals surface area contributed by atoms with Crippen LogP contribution in [0.1, 0.15) is 16.6 Å². The van der Waals surface area contributed by atoms with E-state index in [-0.39, 0.29) is 4.34 Å². The first-order valence-corrected chi connectivity index (χ1v) is 10.2. The Labute approximate surface area is 154 Å². The first-order valence-electron chi connectivity index (χ1n) is 7.04. The summed E-state index contributed by atoms with van der Waals surface area (Å²) in [6.07, 6.45) is 0. The number of fused-ring (bicyclic) bond motifs is 1. The van der Waals surface area contributed by atoms with Gasteiger partial charge >= 0.3 is 11.0 Å². The Bertz CT molecular complexity index is 1130. The Balaban J connectivity index is 2.15. The third kappa shape index (κ3) is 3.13. The molecule has 3 rings (SSSR count). The van der Waals surface area contributed by atoms with Gasteiger partial charge in [0, 0.05) is 0 Å². The number of benzene rings is 1. The fourth-order valence-electron chi connectivity index (χ4n) is 2.14. The van der Waals surface area contributed by atoms with Gasteiger partial charge in [0.2, 0.25) is 14.2 Å². The molecule has 2 aromatic heterocycles. The summed E-state index contributed by atoms with van der Waals surface area (Å²) >= 11 is 1.12. The van der Waals surface area contributed by atoms with Crippen molar-refractivity contribution in [2.45, 2.75) is 16.2 Å². The third-order valence-electron chi connectivity index (χ3n) is 3.23.